The average molecular weight is 248 g/mol. The van der Waals surface area contributed by atoms with E-state index in [4.69, 9.17) is 0 Å². The van der Waals surface area contributed by atoms with Crippen molar-refractivity contribution in [1.82, 2.24) is 0 Å². The van der Waals surface area contributed by atoms with Crippen molar-refractivity contribution in [3.8, 4) is 0 Å². The minimum atomic E-state index is 1.12. The number of hydrogen-bond donors (Lipinski definition) is 0. The van der Waals surface area contributed by atoms with Crippen LogP contribution in [0.3, 0.4) is 0 Å². The molecule has 0 unspecified atom stereocenters. The van der Waals surface area contributed by atoms with Crippen LogP contribution >= 0.6 is 0 Å². The number of rotatable bonds is 2. The second-order valence-corrected chi connectivity index (χ2v) is 5.44. The standard InChI is InChI=1S/C19H20/c1-15(17-7-3-2-4-8-17)11-12-16-13-18-9-5-6-10-19(18)14-16/h3,5-12H,2,4,13-14H2,1H3/b15-11+. The molecule has 2 aliphatic rings. The maximum atomic E-state index is 2.34. The van der Waals surface area contributed by atoms with E-state index in [1.165, 1.54) is 40.7 Å². The molecule has 2 aliphatic carbocycles. The van der Waals surface area contributed by atoms with Crippen molar-refractivity contribution in [3.63, 3.8) is 0 Å². The summed E-state index contributed by atoms with van der Waals surface area (Å²) in [5.74, 6) is 0. The van der Waals surface area contributed by atoms with Crippen molar-refractivity contribution in [2.24, 2.45) is 0 Å². The van der Waals surface area contributed by atoms with Gasteiger partial charge in [-0.15, -0.1) is 0 Å². The van der Waals surface area contributed by atoms with Gasteiger partial charge in [0.25, 0.3) is 0 Å². The summed E-state index contributed by atoms with van der Waals surface area (Å²) < 4.78 is 0. The largest absolute Gasteiger partial charge is 0.0836 e. The van der Waals surface area contributed by atoms with Gasteiger partial charge in [-0.05, 0) is 54.9 Å². The number of hydrogen-bond acceptors (Lipinski definition) is 0. The molecule has 19 heavy (non-hydrogen) atoms. The van der Waals surface area contributed by atoms with Gasteiger partial charge >= 0.3 is 0 Å². The van der Waals surface area contributed by atoms with Gasteiger partial charge in [0.2, 0.25) is 0 Å². The fourth-order valence-corrected chi connectivity index (χ4v) is 2.82. The number of benzene rings is 1. The molecule has 1 aromatic rings. The molecule has 0 spiro atoms. The molecule has 0 atom stereocenters. The van der Waals surface area contributed by atoms with Gasteiger partial charge in [0.1, 0.15) is 0 Å². The molecule has 0 saturated carbocycles. The molecule has 0 radical (unpaired) electrons. The molecule has 96 valence electrons. The first kappa shape index (κ1) is 12.2. The zero-order chi connectivity index (χ0) is 13.1. The van der Waals surface area contributed by atoms with Crippen molar-refractivity contribution in [2.75, 3.05) is 0 Å². The van der Waals surface area contributed by atoms with Crippen LogP contribution in [-0.4, -0.2) is 0 Å². The molecule has 0 aliphatic heterocycles. The lowest BCUT2D eigenvalue weighted by atomic mass is 10.00. The highest BCUT2D eigenvalue weighted by Crippen LogP contribution is 2.26. The molecule has 0 heteroatoms. The Kier molecular flexibility index (Phi) is 3.50. The Bertz CT molecular complexity index is 567. The SMILES string of the molecule is C/C(=C\C=C1Cc2ccccc2C1)C1=CCCC=C1. The van der Waals surface area contributed by atoms with Crippen molar-refractivity contribution in [2.45, 2.75) is 32.6 Å². The maximum Gasteiger partial charge on any atom is -0.00578 e. The van der Waals surface area contributed by atoms with Gasteiger partial charge in [-0.3, -0.25) is 0 Å². The Hall–Kier alpha value is -1.82. The van der Waals surface area contributed by atoms with Gasteiger partial charge in [0, 0.05) is 0 Å². The molecule has 0 bridgehead atoms. The van der Waals surface area contributed by atoms with Crippen LogP contribution in [0.25, 0.3) is 0 Å². The molecule has 0 nitrogen and oxygen atoms in total. The summed E-state index contributed by atoms with van der Waals surface area (Å²) >= 11 is 0. The van der Waals surface area contributed by atoms with Gasteiger partial charge in [-0.25, -0.2) is 0 Å². The van der Waals surface area contributed by atoms with Gasteiger partial charge in [-0.2, -0.15) is 0 Å². The number of allylic oxidation sites excluding steroid dienone is 8. The second kappa shape index (κ2) is 5.44. The topological polar surface area (TPSA) is 0 Å². The van der Waals surface area contributed by atoms with E-state index in [0.29, 0.717) is 0 Å². The Labute approximate surface area is 115 Å². The van der Waals surface area contributed by atoms with Crippen LogP contribution in [0.2, 0.25) is 0 Å². The van der Waals surface area contributed by atoms with E-state index in [1.54, 1.807) is 0 Å². The highest BCUT2D eigenvalue weighted by atomic mass is 14.2. The quantitative estimate of drug-likeness (QED) is 0.696. The molecule has 3 rings (SSSR count). The summed E-state index contributed by atoms with van der Waals surface area (Å²) in [5, 5.41) is 0. The van der Waals surface area contributed by atoms with E-state index in [-0.39, 0.29) is 0 Å². The van der Waals surface area contributed by atoms with Crippen molar-refractivity contribution < 1.29 is 0 Å². The summed E-state index contributed by atoms with van der Waals surface area (Å²) in [7, 11) is 0. The predicted molar refractivity (Wildman–Crippen MR) is 82.1 cm³/mol. The minimum absolute atomic E-state index is 1.12. The Morgan fingerprint density at radius 3 is 2.42 bits per heavy atom. The molecule has 0 aromatic heterocycles. The molecule has 0 fully saturated rings. The molecule has 0 amide bonds. The van der Waals surface area contributed by atoms with E-state index < -0.39 is 0 Å². The maximum absolute atomic E-state index is 2.34. The van der Waals surface area contributed by atoms with Crippen LogP contribution in [0.4, 0.5) is 0 Å². The fourth-order valence-electron chi connectivity index (χ4n) is 2.82. The van der Waals surface area contributed by atoms with Crippen LogP contribution in [0.5, 0.6) is 0 Å². The zero-order valence-electron chi connectivity index (χ0n) is 11.5. The van der Waals surface area contributed by atoms with Crippen LogP contribution in [0.1, 0.15) is 30.9 Å². The predicted octanol–water partition coefficient (Wildman–Crippen LogP) is 4.93. The van der Waals surface area contributed by atoms with E-state index in [0.717, 1.165) is 12.8 Å². The van der Waals surface area contributed by atoms with E-state index in [2.05, 4.69) is 61.6 Å². The van der Waals surface area contributed by atoms with Crippen molar-refractivity contribution in [3.05, 3.63) is 82.5 Å². The van der Waals surface area contributed by atoms with E-state index in [1.807, 2.05) is 0 Å². The molecule has 1 aromatic carbocycles. The fraction of sp³-hybridized carbons (Fsp3) is 0.263. The zero-order valence-corrected chi connectivity index (χ0v) is 11.5. The first-order valence-electron chi connectivity index (χ1n) is 7.13. The smallest absolute Gasteiger partial charge is 0.00578 e. The highest BCUT2D eigenvalue weighted by Gasteiger charge is 2.13. The summed E-state index contributed by atoms with van der Waals surface area (Å²) in [4.78, 5) is 0. The summed E-state index contributed by atoms with van der Waals surface area (Å²) in [5.41, 5.74) is 7.28. The second-order valence-electron chi connectivity index (χ2n) is 5.44. The third kappa shape index (κ3) is 2.78. The van der Waals surface area contributed by atoms with Crippen LogP contribution in [-0.2, 0) is 12.8 Å². The molecular weight excluding hydrogens is 228 g/mol. The first-order valence-corrected chi connectivity index (χ1v) is 7.13. The Balaban J connectivity index is 1.74. The Morgan fingerprint density at radius 2 is 1.79 bits per heavy atom. The lowest BCUT2D eigenvalue weighted by Gasteiger charge is -2.06. The van der Waals surface area contributed by atoms with Gasteiger partial charge < -0.3 is 0 Å². The normalized spacial score (nSPS) is 18.3. The van der Waals surface area contributed by atoms with Crippen LogP contribution < -0.4 is 0 Å². The highest BCUT2D eigenvalue weighted by molar-refractivity contribution is 5.45. The third-order valence-electron chi connectivity index (χ3n) is 3.97. The Morgan fingerprint density at radius 1 is 1.05 bits per heavy atom. The molecule has 0 N–H and O–H groups in total. The van der Waals surface area contributed by atoms with Crippen molar-refractivity contribution in [1.29, 1.82) is 0 Å². The molecule has 0 saturated heterocycles. The number of fused-ring (bicyclic) bond motifs is 1. The average Bonchev–Trinajstić information content (AvgIpc) is 2.88. The summed E-state index contributed by atoms with van der Waals surface area (Å²) in [6.07, 6.45) is 16.1. The summed E-state index contributed by atoms with van der Waals surface area (Å²) in [6, 6.07) is 8.78. The van der Waals surface area contributed by atoms with E-state index >= 15 is 0 Å². The van der Waals surface area contributed by atoms with Gasteiger partial charge in [-0.1, -0.05) is 60.2 Å². The summed E-state index contributed by atoms with van der Waals surface area (Å²) in [6.45, 7) is 2.21. The molecular formula is C19H20. The van der Waals surface area contributed by atoms with E-state index in [9.17, 15) is 0 Å². The lowest BCUT2D eigenvalue weighted by Crippen LogP contribution is -1.87. The lowest BCUT2D eigenvalue weighted by molar-refractivity contribution is 1.02. The third-order valence-corrected chi connectivity index (χ3v) is 3.97. The minimum Gasteiger partial charge on any atom is -0.0836 e. The first-order chi connectivity index (χ1) is 9.33. The van der Waals surface area contributed by atoms with Gasteiger partial charge in [0.15, 0.2) is 0 Å². The van der Waals surface area contributed by atoms with Gasteiger partial charge in [0.05, 0.1) is 0 Å². The monoisotopic (exact) mass is 248 g/mol. The van der Waals surface area contributed by atoms with Crippen LogP contribution in [0, 0.1) is 0 Å². The molecule has 0 heterocycles. The van der Waals surface area contributed by atoms with Crippen LogP contribution in [0.15, 0.2) is 71.4 Å². The van der Waals surface area contributed by atoms with Crippen molar-refractivity contribution >= 4 is 0 Å².